The van der Waals surface area contributed by atoms with Crippen LogP contribution in [-0.2, 0) is 4.74 Å². The highest BCUT2D eigenvalue weighted by atomic mass is 16.6. The summed E-state index contributed by atoms with van der Waals surface area (Å²) in [5.74, 6) is 1.18. The fourth-order valence-electron chi connectivity index (χ4n) is 2.63. The molecule has 0 aromatic carbocycles. The molecule has 2 aromatic heterocycles. The minimum absolute atomic E-state index is 0.373. The maximum atomic E-state index is 10.1. The first-order chi connectivity index (χ1) is 10.2. The molecule has 1 saturated heterocycles. The number of hydrogen-bond donors (Lipinski definition) is 5. The van der Waals surface area contributed by atoms with Gasteiger partial charge in [-0.3, -0.25) is 9.99 Å². The molecule has 0 radical (unpaired) electrons. The van der Waals surface area contributed by atoms with Gasteiger partial charge in [-0.2, -0.15) is 0 Å². The molecule has 0 amide bonds. The van der Waals surface area contributed by atoms with Crippen LogP contribution in [0.4, 0.5) is 5.82 Å². The normalized spacial score (nSPS) is 30.4. The molecule has 5 N–H and O–H groups in total. The predicted molar refractivity (Wildman–Crippen MR) is 69.4 cm³/mol. The number of aliphatic hydroxyl groups excluding tert-OH is 3. The second-order valence-corrected chi connectivity index (χ2v) is 4.94. The van der Waals surface area contributed by atoms with Crippen LogP contribution in [0.2, 0.25) is 0 Å². The number of nitrogens with zero attached hydrogens (tertiary/aromatic N) is 4. The van der Waals surface area contributed by atoms with E-state index in [1.165, 1.54) is 6.33 Å². The van der Waals surface area contributed by atoms with Crippen LogP contribution in [0.3, 0.4) is 0 Å². The van der Waals surface area contributed by atoms with Gasteiger partial charge in [-0.1, -0.05) is 0 Å². The van der Waals surface area contributed by atoms with Gasteiger partial charge in [0.2, 0.25) is 0 Å². The van der Waals surface area contributed by atoms with Crippen molar-refractivity contribution in [3.05, 3.63) is 18.7 Å². The molecule has 10 heteroatoms. The van der Waals surface area contributed by atoms with Crippen LogP contribution >= 0.6 is 0 Å². The summed E-state index contributed by atoms with van der Waals surface area (Å²) in [5, 5.41) is 29.1. The van der Waals surface area contributed by atoms with Gasteiger partial charge in [-0.15, -0.1) is 0 Å². The lowest BCUT2D eigenvalue weighted by Crippen LogP contribution is -2.33. The third kappa shape index (κ3) is 1.67. The maximum absolute atomic E-state index is 10.1. The molecule has 0 saturated carbocycles. The summed E-state index contributed by atoms with van der Waals surface area (Å²) in [6.07, 6.45) is 0.858. The Kier molecular flexibility index (Phi) is 2.65. The second-order valence-electron chi connectivity index (χ2n) is 4.94. The van der Waals surface area contributed by atoms with Crippen molar-refractivity contribution >= 4 is 5.82 Å². The van der Waals surface area contributed by atoms with Gasteiger partial charge in [0.15, 0.2) is 23.6 Å². The lowest BCUT2D eigenvalue weighted by atomic mass is 10.1. The molecular weight excluding hydrogens is 280 g/mol. The van der Waals surface area contributed by atoms with E-state index < -0.39 is 24.5 Å². The zero-order valence-corrected chi connectivity index (χ0v) is 10.8. The van der Waals surface area contributed by atoms with E-state index in [2.05, 4.69) is 20.9 Å². The first kappa shape index (κ1) is 12.6. The van der Waals surface area contributed by atoms with E-state index in [1.54, 1.807) is 21.6 Å². The predicted octanol–water partition coefficient (Wildman–Crippen LogP) is -1.76. The van der Waals surface area contributed by atoms with E-state index in [1.807, 2.05) is 0 Å². The lowest BCUT2D eigenvalue weighted by Gasteiger charge is -2.23. The molecular formula is C11H14N6O4. The topological polar surface area (TPSA) is 130 Å². The van der Waals surface area contributed by atoms with Crippen LogP contribution in [0.15, 0.2) is 18.7 Å². The van der Waals surface area contributed by atoms with E-state index in [0.29, 0.717) is 17.3 Å². The average Bonchev–Trinajstić information content (AvgIpc) is 3.17. The molecule has 2 aromatic rings. The Labute approximate surface area is 118 Å². The smallest absolute Gasteiger partial charge is 0.182 e. The molecule has 0 spiro atoms. The number of ether oxygens (including phenoxy) is 1. The molecule has 2 aliphatic rings. The number of aromatic nitrogens is 4. The number of nitrogens with one attached hydrogen (secondary N) is 2. The van der Waals surface area contributed by atoms with E-state index in [0.717, 1.165) is 0 Å². The van der Waals surface area contributed by atoms with Gasteiger partial charge < -0.3 is 20.1 Å². The van der Waals surface area contributed by atoms with Crippen LogP contribution in [0.25, 0.3) is 11.5 Å². The number of fused-ring (bicyclic) bond motifs is 3. The van der Waals surface area contributed by atoms with Crippen LogP contribution in [-0.4, -0.2) is 59.4 Å². The molecule has 4 heterocycles. The molecule has 10 nitrogen and oxygen atoms in total. The zero-order valence-electron chi connectivity index (χ0n) is 10.8. The van der Waals surface area contributed by atoms with Crippen LogP contribution in [0.5, 0.6) is 0 Å². The van der Waals surface area contributed by atoms with E-state index in [9.17, 15) is 10.2 Å². The molecule has 112 valence electrons. The summed E-state index contributed by atoms with van der Waals surface area (Å²) >= 11 is 0. The Morgan fingerprint density at radius 1 is 1.29 bits per heavy atom. The Hall–Kier alpha value is -2.14. The van der Waals surface area contributed by atoms with Crippen molar-refractivity contribution in [2.75, 3.05) is 17.6 Å². The Balaban J connectivity index is 1.73. The zero-order chi connectivity index (χ0) is 14.6. The Morgan fingerprint density at radius 3 is 2.90 bits per heavy atom. The Bertz CT molecular complexity index is 669. The minimum Gasteiger partial charge on any atom is -0.394 e. The van der Waals surface area contributed by atoms with Gasteiger partial charge >= 0.3 is 0 Å². The lowest BCUT2D eigenvalue weighted by molar-refractivity contribution is -0.0518. The number of hydrogen-bond acceptors (Lipinski definition) is 8. The SMILES string of the molecule is OC[C@H]1O[C@@H](n2cnc3c2NNn2ccnc2-3)[C@H](O)[C@@H]1O. The van der Waals surface area contributed by atoms with Crippen molar-refractivity contribution < 1.29 is 20.1 Å². The van der Waals surface area contributed by atoms with Gasteiger partial charge in [-0.25, -0.2) is 20.2 Å². The molecule has 2 aliphatic heterocycles. The highest BCUT2D eigenvalue weighted by Gasteiger charge is 2.44. The largest absolute Gasteiger partial charge is 0.394 e. The summed E-state index contributed by atoms with van der Waals surface area (Å²) in [6.45, 7) is -0.373. The first-order valence-corrected chi connectivity index (χ1v) is 6.45. The third-order valence-electron chi connectivity index (χ3n) is 3.73. The number of rotatable bonds is 2. The third-order valence-corrected chi connectivity index (χ3v) is 3.73. The number of anilines is 1. The summed E-state index contributed by atoms with van der Waals surface area (Å²) in [5.41, 5.74) is 6.43. The monoisotopic (exact) mass is 294 g/mol. The summed E-state index contributed by atoms with van der Waals surface area (Å²) in [6, 6.07) is 0. The van der Waals surface area contributed by atoms with E-state index in [-0.39, 0.29) is 6.61 Å². The fraction of sp³-hybridized carbons (Fsp3) is 0.455. The quantitative estimate of drug-likeness (QED) is 0.440. The standard InChI is InChI=1S/C11H14N6O4/c18-3-5-7(19)8(20)11(21-5)16-4-13-6-9-12-1-2-17(9)15-14-10(6)16/h1-2,4-5,7-8,11,14-15,18-20H,3H2/t5-,7-,8-,11-/m1/s1. The average molecular weight is 294 g/mol. The van der Waals surface area contributed by atoms with Gasteiger partial charge in [-0.05, 0) is 0 Å². The van der Waals surface area contributed by atoms with Gasteiger partial charge in [0.1, 0.15) is 18.3 Å². The van der Waals surface area contributed by atoms with E-state index in [4.69, 9.17) is 9.84 Å². The summed E-state index contributed by atoms with van der Waals surface area (Å²) in [7, 11) is 0. The second kappa shape index (κ2) is 4.43. The van der Waals surface area contributed by atoms with Gasteiger partial charge in [0, 0.05) is 12.4 Å². The van der Waals surface area contributed by atoms with Crippen molar-refractivity contribution in [1.29, 1.82) is 0 Å². The van der Waals surface area contributed by atoms with Crippen molar-refractivity contribution in [2.45, 2.75) is 24.5 Å². The summed E-state index contributed by atoms with van der Waals surface area (Å²) < 4.78 is 8.72. The minimum atomic E-state index is -1.16. The van der Waals surface area contributed by atoms with Gasteiger partial charge in [0.25, 0.3) is 0 Å². The number of aliphatic hydroxyl groups is 3. The summed E-state index contributed by atoms with van der Waals surface area (Å²) in [4.78, 5) is 8.46. The number of imidazole rings is 2. The molecule has 1 fully saturated rings. The van der Waals surface area contributed by atoms with Crippen molar-refractivity contribution in [1.82, 2.24) is 19.2 Å². The highest BCUT2D eigenvalue weighted by molar-refractivity contribution is 5.70. The fourth-order valence-corrected chi connectivity index (χ4v) is 2.63. The van der Waals surface area contributed by atoms with Crippen molar-refractivity contribution in [2.24, 2.45) is 0 Å². The van der Waals surface area contributed by atoms with Crippen molar-refractivity contribution in [3.63, 3.8) is 0 Å². The molecule has 4 rings (SSSR count). The molecule has 4 atom stereocenters. The van der Waals surface area contributed by atoms with Crippen LogP contribution in [0, 0.1) is 0 Å². The van der Waals surface area contributed by atoms with Crippen LogP contribution in [0.1, 0.15) is 6.23 Å². The van der Waals surface area contributed by atoms with E-state index >= 15 is 0 Å². The van der Waals surface area contributed by atoms with Crippen molar-refractivity contribution in [3.8, 4) is 11.5 Å². The highest BCUT2D eigenvalue weighted by Crippen LogP contribution is 2.36. The Morgan fingerprint density at radius 2 is 2.14 bits per heavy atom. The molecule has 0 bridgehead atoms. The molecule has 0 unspecified atom stereocenters. The van der Waals surface area contributed by atoms with Gasteiger partial charge in [0.05, 0.1) is 12.9 Å². The molecule has 0 aliphatic carbocycles. The first-order valence-electron chi connectivity index (χ1n) is 6.45. The molecule has 21 heavy (non-hydrogen) atoms. The maximum Gasteiger partial charge on any atom is 0.182 e. The number of hydrazine groups is 1. The van der Waals surface area contributed by atoms with Crippen LogP contribution < -0.4 is 11.0 Å².